The number of hydrogen-bond donors (Lipinski definition) is 0. The van der Waals surface area contributed by atoms with Gasteiger partial charge in [-0.15, -0.1) is 0 Å². The standard InChI is InChI=1S/C15H20N2/c1-4-16-10-12(2)11-17-9-8-14-7-5-6-13(3)15(14)17/h4-7,10H,8-9,11H2,1-3H3/b12-10+,16-4-. The molecule has 0 amide bonds. The lowest BCUT2D eigenvalue weighted by Crippen LogP contribution is -2.23. The minimum atomic E-state index is 0.981. The average molecular weight is 228 g/mol. The molecule has 1 aromatic rings. The van der Waals surface area contributed by atoms with E-state index in [1.54, 1.807) is 0 Å². The third-order valence-corrected chi connectivity index (χ3v) is 3.17. The fourth-order valence-corrected chi connectivity index (χ4v) is 2.44. The summed E-state index contributed by atoms with van der Waals surface area (Å²) in [7, 11) is 0. The van der Waals surface area contributed by atoms with E-state index in [0.29, 0.717) is 0 Å². The fourth-order valence-electron chi connectivity index (χ4n) is 2.44. The van der Waals surface area contributed by atoms with Crippen LogP contribution in [0.3, 0.4) is 0 Å². The molecule has 0 spiro atoms. The fraction of sp³-hybridized carbons (Fsp3) is 0.400. The third kappa shape index (κ3) is 2.57. The number of anilines is 1. The lowest BCUT2D eigenvalue weighted by molar-refractivity contribution is 0.875. The van der Waals surface area contributed by atoms with E-state index in [1.165, 1.54) is 28.8 Å². The summed E-state index contributed by atoms with van der Waals surface area (Å²) in [4.78, 5) is 6.64. The smallest absolute Gasteiger partial charge is 0.0432 e. The highest BCUT2D eigenvalue weighted by atomic mass is 15.1. The molecule has 0 unspecified atom stereocenters. The number of benzene rings is 1. The second-order valence-electron chi connectivity index (χ2n) is 4.64. The van der Waals surface area contributed by atoms with Crippen molar-refractivity contribution in [2.45, 2.75) is 27.2 Å². The summed E-state index contributed by atoms with van der Waals surface area (Å²) in [5, 5.41) is 0. The van der Waals surface area contributed by atoms with Crippen LogP contribution in [-0.2, 0) is 6.42 Å². The molecule has 2 rings (SSSR count). The first-order valence-electron chi connectivity index (χ1n) is 6.19. The summed E-state index contributed by atoms with van der Waals surface area (Å²) >= 11 is 0. The summed E-state index contributed by atoms with van der Waals surface area (Å²) in [5.41, 5.74) is 5.60. The monoisotopic (exact) mass is 228 g/mol. The zero-order valence-electron chi connectivity index (χ0n) is 10.9. The van der Waals surface area contributed by atoms with Crippen molar-refractivity contribution in [2.75, 3.05) is 18.0 Å². The van der Waals surface area contributed by atoms with Gasteiger partial charge in [-0.25, -0.2) is 0 Å². The summed E-state index contributed by atoms with van der Waals surface area (Å²) in [6, 6.07) is 6.59. The maximum Gasteiger partial charge on any atom is 0.0432 e. The number of rotatable bonds is 3. The predicted molar refractivity (Wildman–Crippen MR) is 75.0 cm³/mol. The molecule has 1 aromatic carbocycles. The van der Waals surface area contributed by atoms with Crippen LogP contribution in [0.2, 0.25) is 0 Å². The first kappa shape index (κ1) is 11.9. The molecule has 17 heavy (non-hydrogen) atoms. The van der Waals surface area contributed by atoms with Gasteiger partial charge in [-0.3, -0.25) is 4.99 Å². The number of nitrogens with zero attached hydrogens (tertiary/aromatic N) is 2. The van der Waals surface area contributed by atoms with E-state index in [4.69, 9.17) is 0 Å². The van der Waals surface area contributed by atoms with Crippen molar-refractivity contribution < 1.29 is 0 Å². The van der Waals surface area contributed by atoms with E-state index in [1.807, 2.05) is 19.3 Å². The van der Waals surface area contributed by atoms with Crippen molar-refractivity contribution in [1.82, 2.24) is 0 Å². The summed E-state index contributed by atoms with van der Waals surface area (Å²) in [6.45, 7) is 8.39. The van der Waals surface area contributed by atoms with Crippen LogP contribution in [-0.4, -0.2) is 19.3 Å². The molecule has 0 aliphatic carbocycles. The highest BCUT2D eigenvalue weighted by molar-refractivity contribution is 5.63. The van der Waals surface area contributed by atoms with Gasteiger partial charge in [0.25, 0.3) is 0 Å². The number of hydrogen-bond acceptors (Lipinski definition) is 2. The number of aryl methyl sites for hydroxylation is 1. The molecule has 1 aliphatic rings. The van der Waals surface area contributed by atoms with E-state index >= 15 is 0 Å². The number of aliphatic imine (C=N–C) groups is 1. The van der Waals surface area contributed by atoms with Gasteiger partial charge in [-0.05, 0) is 43.9 Å². The van der Waals surface area contributed by atoms with Crippen LogP contribution >= 0.6 is 0 Å². The molecule has 1 aliphatic heterocycles. The van der Waals surface area contributed by atoms with Gasteiger partial charge < -0.3 is 4.90 Å². The maximum absolute atomic E-state index is 4.18. The summed E-state index contributed by atoms with van der Waals surface area (Å²) in [6.07, 6.45) is 4.95. The second-order valence-corrected chi connectivity index (χ2v) is 4.64. The molecule has 0 bridgehead atoms. The summed E-state index contributed by atoms with van der Waals surface area (Å²) in [5.74, 6) is 0. The van der Waals surface area contributed by atoms with Crippen molar-refractivity contribution in [1.29, 1.82) is 0 Å². The second kappa shape index (κ2) is 5.17. The molecule has 0 saturated heterocycles. The highest BCUT2D eigenvalue weighted by Crippen LogP contribution is 2.31. The van der Waals surface area contributed by atoms with Crippen LogP contribution in [0.5, 0.6) is 0 Å². The number of para-hydroxylation sites is 1. The molecule has 0 atom stereocenters. The van der Waals surface area contributed by atoms with Crippen LogP contribution in [0.15, 0.2) is 35.0 Å². The molecular weight excluding hydrogens is 208 g/mol. The van der Waals surface area contributed by atoms with E-state index in [0.717, 1.165) is 13.1 Å². The van der Waals surface area contributed by atoms with Crippen molar-refractivity contribution >= 4 is 11.9 Å². The molecule has 0 radical (unpaired) electrons. The van der Waals surface area contributed by atoms with Gasteiger partial charge in [-0.2, -0.15) is 0 Å². The normalized spacial score (nSPS) is 15.7. The molecule has 1 heterocycles. The average Bonchev–Trinajstić information content (AvgIpc) is 2.71. The van der Waals surface area contributed by atoms with Gasteiger partial charge in [0.15, 0.2) is 0 Å². The largest absolute Gasteiger partial charge is 0.367 e. The molecule has 0 aromatic heterocycles. The Bertz CT molecular complexity index is 458. The van der Waals surface area contributed by atoms with Crippen molar-refractivity contribution in [3.63, 3.8) is 0 Å². The lowest BCUT2D eigenvalue weighted by Gasteiger charge is -2.21. The Kier molecular flexibility index (Phi) is 3.62. The van der Waals surface area contributed by atoms with Gasteiger partial charge >= 0.3 is 0 Å². The quantitative estimate of drug-likeness (QED) is 0.724. The van der Waals surface area contributed by atoms with Crippen LogP contribution in [0.1, 0.15) is 25.0 Å². The summed E-state index contributed by atoms with van der Waals surface area (Å²) < 4.78 is 0. The predicted octanol–water partition coefficient (Wildman–Crippen LogP) is 3.35. The zero-order chi connectivity index (χ0) is 12.3. The third-order valence-electron chi connectivity index (χ3n) is 3.17. The molecule has 0 fully saturated rings. The van der Waals surface area contributed by atoms with Crippen molar-refractivity contribution in [3.8, 4) is 0 Å². The van der Waals surface area contributed by atoms with E-state index in [2.05, 4.69) is 41.9 Å². The van der Waals surface area contributed by atoms with Gasteiger partial charge in [-0.1, -0.05) is 18.2 Å². The highest BCUT2D eigenvalue weighted by Gasteiger charge is 2.20. The Balaban J connectivity index is 2.17. The van der Waals surface area contributed by atoms with Crippen molar-refractivity contribution in [3.05, 3.63) is 41.1 Å². The van der Waals surface area contributed by atoms with Gasteiger partial charge in [0.1, 0.15) is 0 Å². The van der Waals surface area contributed by atoms with Crippen LogP contribution in [0, 0.1) is 6.92 Å². The van der Waals surface area contributed by atoms with E-state index in [9.17, 15) is 0 Å². The SMILES string of the molecule is C/C=N\C=C(/C)CN1CCc2cccc(C)c21. The van der Waals surface area contributed by atoms with Crippen LogP contribution in [0.4, 0.5) is 5.69 Å². The van der Waals surface area contributed by atoms with Crippen LogP contribution < -0.4 is 4.90 Å². The Morgan fingerprint density at radius 1 is 1.47 bits per heavy atom. The first-order chi connectivity index (χ1) is 8.22. The Hall–Kier alpha value is -1.57. The molecule has 0 saturated carbocycles. The van der Waals surface area contributed by atoms with Crippen molar-refractivity contribution in [2.24, 2.45) is 4.99 Å². The first-order valence-corrected chi connectivity index (χ1v) is 6.19. The van der Waals surface area contributed by atoms with E-state index < -0.39 is 0 Å². The topological polar surface area (TPSA) is 15.6 Å². The van der Waals surface area contributed by atoms with Gasteiger partial charge in [0, 0.05) is 31.2 Å². The Morgan fingerprint density at radius 3 is 3.06 bits per heavy atom. The minimum Gasteiger partial charge on any atom is -0.367 e. The maximum atomic E-state index is 4.18. The molecule has 90 valence electrons. The molecule has 2 nitrogen and oxygen atoms in total. The van der Waals surface area contributed by atoms with Crippen LogP contribution in [0.25, 0.3) is 0 Å². The van der Waals surface area contributed by atoms with E-state index in [-0.39, 0.29) is 0 Å². The molecule has 2 heteroatoms. The van der Waals surface area contributed by atoms with Gasteiger partial charge in [0.2, 0.25) is 0 Å². The Morgan fingerprint density at radius 2 is 2.29 bits per heavy atom. The lowest BCUT2D eigenvalue weighted by atomic mass is 10.1. The zero-order valence-corrected chi connectivity index (χ0v) is 10.9. The minimum absolute atomic E-state index is 0.981. The number of fused-ring (bicyclic) bond motifs is 1. The van der Waals surface area contributed by atoms with Gasteiger partial charge in [0.05, 0.1) is 0 Å². The molecule has 0 N–H and O–H groups in total. The molecular formula is C15H20N2. The Labute approximate surface area is 104 Å².